The van der Waals surface area contributed by atoms with Gasteiger partial charge in [0.1, 0.15) is 5.69 Å². The summed E-state index contributed by atoms with van der Waals surface area (Å²) in [5, 5.41) is 4.90. The van der Waals surface area contributed by atoms with E-state index in [0.717, 1.165) is 5.56 Å². The fourth-order valence-electron chi connectivity index (χ4n) is 2.94. The third kappa shape index (κ3) is 4.15. The Morgan fingerprint density at radius 2 is 1.71 bits per heavy atom. The molecule has 0 aliphatic carbocycles. The van der Waals surface area contributed by atoms with Crippen LogP contribution in [0.15, 0.2) is 54.7 Å². The van der Waals surface area contributed by atoms with Crippen LogP contribution in [0.25, 0.3) is 0 Å². The first kappa shape index (κ1) is 19.8. The molecule has 144 valence electrons. The number of ketones is 1. The SMILES string of the molecule is CCn1cc(Cl)c(CN(C)C(=O)c2ccccc2C(=O)c2ccc(C)cc2)n1. The number of aryl methyl sites for hydroxylation is 2. The summed E-state index contributed by atoms with van der Waals surface area (Å²) in [5.74, 6) is -0.427. The van der Waals surface area contributed by atoms with E-state index in [9.17, 15) is 9.59 Å². The van der Waals surface area contributed by atoms with Gasteiger partial charge < -0.3 is 4.90 Å². The molecule has 2 aromatic carbocycles. The maximum atomic E-state index is 13.0. The average Bonchev–Trinajstić information content (AvgIpc) is 3.07. The molecule has 3 aromatic rings. The molecular formula is C22H22ClN3O2. The van der Waals surface area contributed by atoms with E-state index in [4.69, 9.17) is 11.6 Å². The Kier molecular flexibility index (Phi) is 5.95. The van der Waals surface area contributed by atoms with E-state index in [1.165, 1.54) is 4.90 Å². The molecule has 28 heavy (non-hydrogen) atoms. The van der Waals surface area contributed by atoms with Crippen molar-refractivity contribution in [1.82, 2.24) is 14.7 Å². The van der Waals surface area contributed by atoms with Crippen LogP contribution in [0.4, 0.5) is 0 Å². The monoisotopic (exact) mass is 395 g/mol. The summed E-state index contributed by atoms with van der Waals surface area (Å²) in [6.07, 6.45) is 1.74. The Balaban J connectivity index is 1.86. The standard InChI is InChI=1S/C22H22ClN3O2/c1-4-26-13-19(23)20(24-26)14-25(3)22(28)18-8-6-5-7-17(18)21(27)16-11-9-15(2)10-12-16/h5-13H,4,14H2,1-3H3. The fraction of sp³-hybridized carbons (Fsp3) is 0.227. The number of nitrogens with zero attached hydrogens (tertiary/aromatic N) is 3. The van der Waals surface area contributed by atoms with Gasteiger partial charge in [-0.2, -0.15) is 5.10 Å². The molecule has 1 aromatic heterocycles. The van der Waals surface area contributed by atoms with Gasteiger partial charge in [0.25, 0.3) is 5.91 Å². The maximum absolute atomic E-state index is 13.0. The molecule has 1 amide bonds. The van der Waals surface area contributed by atoms with Crippen molar-refractivity contribution in [2.45, 2.75) is 26.9 Å². The zero-order chi connectivity index (χ0) is 20.3. The molecule has 0 atom stereocenters. The van der Waals surface area contributed by atoms with Crippen molar-refractivity contribution in [3.63, 3.8) is 0 Å². The van der Waals surface area contributed by atoms with E-state index >= 15 is 0 Å². The van der Waals surface area contributed by atoms with Gasteiger partial charge in [0.2, 0.25) is 0 Å². The smallest absolute Gasteiger partial charge is 0.254 e. The van der Waals surface area contributed by atoms with Crippen molar-refractivity contribution in [1.29, 1.82) is 0 Å². The first-order valence-corrected chi connectivity index (χ1v) is 9.46. The highest BCUT2D eigenvalue weighted by Crippen LogP contribution is 2.20. The molecule has 0 saturated heterocycles. The van der Waals surface area contributed by atoms with Crippen molar-refractivity contribution in [3.05, 3.63) is 87.7 Å². The van der Waals surface area contributed by atoms with Crippen molar-refractivity contribution >= 4 is 23.3 Å². The van der Waals surface area contributed by atoms with Crippen LogP contribution < -0.4 is 0 Å². The lowest BCUT2D eigenvalue weighted by Crippen LogP contribution is -2.28. The molecule has 0 saturated carbocycles. The van der Waals surface area contributed by atoms with Gasteiger partial charge in [-0.25, -0.2) is 0 Å². The largest absolute Gasteiger partial charge is 0.336 e. The van der Waals surface area contributed by atoms with Gasteiger partial charge in [-0.05, 0) is 19.9 Å². The summed E-state index contributed by atoms with van der Waals surface area (Å²) in [4.78, 5) is 27.5. The third-order valence-electron chi connectivity index (χ3n) is 4.56. The number of benzene rings is 2. The quantitative estimate of drug-likeness (QED) is 0.582. The second kappa shape index (κ2) is 8.40. The van der Waals surface area contributed by atoms with Crippen LogP contribution in [-0.4, -0.2) is 33.4 Å². The van der Waals surface area contributed by atoms with Crippen LogP contribution in [0.3, 0.4) is 0 Å². The van der Waals surface area contributed by atoms with E-state index in [1.54, 1.807) is 54.3 Å². The molecule has 0 N–H and O–H groups in total. The number of halogens is 1. The van der Waals surface area contributed by atoms with Crippen LogP contribution in [0.2, 0.25) is 5.02 Å². The van der Waals surface area contributed by atoms with Gasteiger partial charge in [-0.3, -0.25) is 14.3 Å². The zero-order valence-corrected chi connectivity index (χ0v) is 16.9. The Morgan fingerprint density at radius 1 is 1.07 bits per heavy atom. The molecule has 0 bridgehead atoms. The van der Waals surface area contributed by atoms with E-state index in [1.807, 2.05) is 26.0 Å². The summed E-state index contributed by atoms with van der Waals surface area (Å²) in [6, 6.07) is 14.2. The fourth-order valence-corrected chi connectivity index (χ4v) is 3.15. The molecule has 1 heterocycles. The summed E-state index contributed by atoms with van der Waals surface area (Å²) in [7, 11) is 1.68. The summed E-state index contributed by atoms with van der Waals surface area (Å²) < 4.78 is 1.73. The van der Waals surface area contributed by atoms with Crippen molar-refractivity contribution in [2.24, 2.45) is 0 Å². The van der Waals surface area contributed by atoms with E-state index in [0.29, 0.717) is 34.0 Å². The number of rotatable bonds is 6. The molecule has 6 heteroatoms. The van der Waals surface area contributed by atoms with Gasteiger partial charge in [0, 0.05) is 30.9 Å². The number of carbonyl (C=O) groups excluding carboxylic acids is 2. The second-order valence-electron chi connectivity index (χ2n) is 6.68. The van der Waals surface area contributed by atoms with Crippen LogP contribution in [-0.2, 0) is 13.1 Å². The predicted octanol–water partition coefficient (Wildman–Crippen LogP) is 4.37. The van der Waals surface area contributed by atoms with Gasteiger partial charge in [-0.1, -0.05) is 59.6 Å². The molecule has 0 spiro atoms. The van der Waals surface area contributed by atoms with E-state index in [2.05, 4.69) is 5.10 Å². The predicted molar refractivity (Wildman–Crippen MR) is 110 cm³/mol. The van der Waals surface area contributed by atoms with Gasteiger partial charge in [0.15, 0.2) is 5.78 Å². The van der Waals surface area contributed by atoms with Gasteiger partial charge in [-0.15, -0.1) is 0 Å². The van der Waals surface area contributed by atoms with Crippen LogP contribution in [0.5, 0.6) is 0 Å². The minimum atomic E-state index is -0.252. The Labute approximate surface area is 169 Å². The number of hydrogen-bond donors (Lipinski definition) is 0. The topological polar surface area (TPSA) is 55.2 Å². The van der Waals surface area contributed by atoms with Crippen molar-refractivity contribution in [2.75, 3.05) is 7.05 Å². The summed E-state index contributed by atoms with van der Waals surface area (Å²) >= 11 is 6.22. The summed E-state index contributed by atoms with van der Waals surface area (Å²) in [6.45, 7) is 4.89. The van der Waals surface area contributed by atoms with Crippen molar-refractivity contribution in [3.8, 4) is 0 Å². The lowest BCUT2D eigenvalue weighted by molar-refractivity contribution is 0.0778. The molecule has 0 unspecified atom stereocenters. The molecule has 0 aliphatic rings. The second-order valence-corrected chi connectivity index (χ2v) is 7.09. The third-order valence-corrected chi connectivity index (χ3v) is 4.88. The van der Waals surface area contributed by atoms with E-state index < -0.39 is 0 Å². The first-order chi connectivity index (χ1) is 13.4. The highest BCUT2D eigenvalue weighted by atomic mass is 35.5. The highest BCUT2D eigenvalue weighted by molar-refractivity contribution is 6.31. The lowest BCUT2D eigenvalue weighted by Gasteiger charge is -2.18. The normalized spacial score (nSPS) is 10.7. The van der Waals surface area contributed by atoms with Crippen molar-refractivity contribution < 1.29 is 9.59 Å². The molecule has 0 radical (unpaired) electrons. The number of amides is 1. The molecule has 5 nitrogen and oxygen atoms in total. The number of hydrogen-bond acceptors (Lipinski definition) is 3. The van der Waals surface area contributed by atoms with Crippen LogP contribution in [0.1, 0.15) is 44.5 Å². The average molecular weight is 396 g/mol. The highest BCUT2D eigenvalue weighted by Gasteiger charge is 2.22. The first-order valence-electron chi connectivity index (χ1n) is 9.08. The number of carbonyl (C=O) groups is 2. The van der Waals surface area contributed by atoms with Crippen LogP contribution in [0, 0.1) is 6.92 Å². The van der Waals surface area contributed by atoms with Gasteiger partial charge >= 0.3 is 0 Å². The van der Waals surface area contributed by atoms with Gasteiger partial charge in [0.05, 0.1) is 17.1 Å². The minimum Gasteiger partial charge on any atom is -0.336 e. The summed E-state index contributed by atoms with van der Waals surface area (Å²) in [5.41, 5.74) is 3.00. The minimum absolute atomic E-state index is 0.175. The molecule has 3 rings (SSSR count). The maximum Gasteiger partial charge on any atom is 0.254 e. The van der Waals surface area contributed by atoms with Crippen LogP contribution >= 0.6 is 11.6 Å². The zero-order valence-electron chi connectivity index (χ0n) is 16.1. The lowest BCUT2D eigenvalue weighted by atomic mass is 9.97. The Morgan fingerprint density at radius 3 is 2.32 bits per heavy atom. The molecular weight excluding hydrogens is 374 g/mol. The Bertz CT molecular complexity index is 1010. The molecule has 0 fully saturated rings. The Hall–Kier alpha value is -2.92. The number of aromatic nitrogens is 2. The molecule has 0 aliphatic heterocycles. The van der Waals surface area contributed by atoms with E-state index in [-0.39, 0.29) is 18.2 Å².